The van der Waals surface area contributed by atoms with Gasteiger partial charge in [-0.3, -0.25) is 4.90 Å². The third-order valence-electron chi connectivity index (χ3n) is 4.17. The van der Waals surface area contributed by atoms with E-state index >= 15 is 0 Å². The molecule has 1 aliphatic rings. The van der Waals surface area contributed by atoms with Crippen LogP contribution >= 0.6 is 0 Å². The molecule has 0 radical (unpaired) electrons. The zero-order chi connectivity index (χ0) is 13.6. The number of piperidine rings is 1. The molecule has 0 aromatic rings. The SMILES string of the molecule is C=CCN(CC1(CCC)CCCNC1)C(C)(C)C. The highest BCUT2D eigenvalue weighted by molar-refractivity contribution is 4.93. The molecule has 0 aliphatic carbocycles. The number of nitrogens with zero attached hydrogens (tertiary/aromatic N) is 1. The number of hydrogen-bond donors (Lipinski definition) is 1. The highest BCUT2D eigenvalue weighted by atomic mass is 15.2. The molecule has 18 heavy (non-hydrogen) atoms. The molecule has 1 aliphatic heterocycles. The van der Waals surface area contributed by atoms with Crippen LogP contribution in [-0.2, 0) is 0 Å². The molecule has 1 atom stereocenters. The van der Waals surface area contributed by atoms with Gasteiger partial charge in [-0.05, 0) is 52.0 Å². The van der Waals surface area contributed by atoms with E-state index in [1.807, 2.05) is 6.08 Å². The summed E-state index contributed by atoms with van der Waals surface area (Å²) in [5.41, 5.74) is 0.704. The molecule has 0 aromatic carbocycles. The molecular formula is C16H32N2. The summed E-state index contributed by atoms with van der Waals surface area (Å²) in [5.74, 6) is 0. The van der Waals surface area contributed by atoms with E-state index in [-0.39, 0.29) is 5.54 Å². The van der Waals surface area contributed by atoms with Gasteiger partial charge in [0, 0.05) is 25.2 Å². The second kappa shape index (κ2) is 6.72. The Morgan fingerprint density at radius 3 is 2.56 bits per heavy atom. The number of hydrogen-bond acceptors (Lipinski definition) is 2. The van der Waals surface area contributed by atoms with Crippen molar-refractivity contribution in [2.24, 2.45) is 5.41 Å². The summed E-state index contributed by atoms with van der Waals surface area (Å²) in [6.07, 6.45) is 7.36. The molecule has 1 unspecified atom stereocenters. The first-order chi connectivity index (χ1) is 8.43. The Kier molecular flexibility index (Phi) is 5.87. The lowest BCUT2D eigenvalue weighted by atomic mass is 9.76. The van der Waals surface area contributed by atoms with Gasteiger partial charge in [0.1, 0.15) is 0 Å². The van der Waals surface area contributed by atoms with Gasteiger partial charge in [0.05, 0.1) is 0 Å². The Morgan fingerprint density at radius 1 is 1.39 bits per heavy atom. The van der Waals surface area contributed by atoms with Crippen LogP contribution in [0.15, 0.2) is 12.7 Å². The standard InChI is InChI=1S/C16H32N2/c1-6-9-16(10-8-11-17-13-16)14-18(12-7-2)15(3,4)5/h7,17H,2,6,8-14H2,1,3-5H3. The van der Waals surface area contributed by atoms with Crippen molar-refractivity contribution < 1.29 is 0 Å². The van der Waals surface area contributed by atoms with Crippen LogP contribution in [-0.4, -0.2) is 36.6 Å². The first-order valence-electron chi connectivity index (χ1n) is 7.50. The number of nitrogens with one attached hydrogen (secondary N) is 1. The molecule has 1 saturated heterocycles. The van der Waals surface area contributed by atoms with E-state index < -0.39 is 0 Å². The highest BCUT2D eigenvalue weighted by Crippen LogP contribution is 2.34. The Labute approximate surface area is 114 Å². The van der Waals surface area contributed by atoms with Crippen molar-refractivity contribution in [2.45, 2.75) is 58.9 Å². The first kappa shape index (κ1) is 15.7. The van der Waals surface area contributed by atoms with Crippen molar-refractivity contribution >= 4 is 0 Å². The molecule has 106 valence electrons. The molecule has 0 spiro atoms. The van der Waals surface area contributed by atoms with Crippen LogP contribution in [0.3, 0.4) is 0 Å². The van der Waals surface area contributed by atoms with Crippen LogP contribution in [0.2, 0.25) is 0 Å². The van der Waals surface area contributed by atoms with Crippen molar-refractivity contribution in [3.63, 3.8) is 0 Å². The minimum Gasteiger partial charge on any atom is -0.316 e. The molecule has 1 fully saturated rings. The third kappa shape index (κ3) is 4.40. The molecule has 0 bridgehead atoms. The van der Waals surface area contributed by atoms with Crippen molar-refractivity contribution in [1.82, 2.24) is 10.2 Å². The summed E-state index contributed by atoms with van der Waals surface area (Å²) in [6, 6.07) is 0. The molecule has 2 nitrogen and oxygen atoms in total. The molecule has 1 N–H and O–H groups in total. The Bertz CT molecular complexity index is 241. The van der Waals surface area contributed by atoms with Crippen LogP contribution in [0, 0.1) is 5.41 Å². The van der Waals surface area contributed by atoms with Gasteiger partial charge in [0.25, 0.3) is 0 Å². The second-order valence-electron chi connectivity index (χ2n) is 6.87. The van der Waals surface area contributed by atoms with E-state index in [9.17, 15) is 0 Å². The highest BCUT2D eigenvalue weighted by Gasteiger charge is 2.35. The predicted octanol–water partition coefficient (Wildman–Crippen LogP) is 3.44. The van der Waals surface area contributed by atoms with Gasteiger partial charge in [0.15, 0.2) is 0 Å². The summed E-state index contributed by atoms with van der Waals surface area (Å²) in [4.78, 5) is 2.59. The summed E-state index contributed by atoms with van der Waals surface area (Å²) in [6.45, 7) is 17.7. The van der Waals surface area contributed by atoms with Crippen LogP contribution in [0.4, 0.5) is 0 Å². The predicted molar refractivity (Wildman–Crippen MR) is 81.0 cm³/mol. The maximum atomic E-state index is 3.92. The van der Waals surface area contributed by atoms with E-state index in [0.29, 0.717) is 5.41 Å². The average Bonchev–Trinajstić information content (AvgIpc) is 2.29. The van der Waals surface area contributed by atoms with Gasteiger partial charge in [-0.15, -0.1) is 6.58 Å². The van der Waals surface area contributed by atoms with Gasteiger partial charge in [-0.25, -0.2) is 0 Å². The van der Waals surface area contributed by atoms with Gasteiger partial charge < -0.3 is 5.32 Å². The van der Waals surface area contributed by atoms with Crippen LogP contribution in [0.1, 0.15) is 53.4 Å². The first-order valence-corrected chi connectivity index (χ1v) is 7.50. The van der Waals surface area contributed by atoms with E-state index in [1.54, 1.807) is 0 Å². The molecule has 0 saturated carbocycles. The Morgan fingerprint density at radius 2 is 2.11 bits per heavy atom. The van der Waals surface area contributed by atoms with E-state index in [1.165, 1.54) is 45.3 Å². The van der Waals surface area contributed by atoms with E-state index in [4.69, 9.17) is 0 Å². The van der Waals surface area contributed by atoms with Crippen LogP contribution in [0.5, 0.6) is 0 Å². The lowest BCUT2D eigenvalue weighted by Gasteiger charge is -2.45. The monoisotopic (exact) mass is 252 g/mol. The van der Waals surface area contributed by atoms with Crippen molar-refractivity contribution in [2.75, 3.05) is 26.2 Å². The maximum Gasteiger partial charge on any atom is 0.0166 e. The third-order valence-corrected chi connectivity index (χ3v) is 4.17. The fraction of sp³-hybridized carbons (Fsp3) is 0.875. The van der Waals surface area contributed by atoms with Gasteiger partial charge in [0.2, 0.25) is 0 Å². The van der Waals surface area contributed by atoms with Crippen molar-refractivity contribution in [3.05, 3.63) is 12.7 Å². The molecule has 1 rings (SSSR count). The van der Waals surface area contributed by atoms with Crippen molar-refractivity contribution in [1.29, 1.82) is 0 Å². The van der Waals surface area contributed by atoms with E-state index in [0.717, 1.165) is 6.54 Å². The second-order valence-corrected chi connectivity index (χ2v) is 6.87. The van der Waals surface area contributed by atoms with Gasteiger partial charge >= 0.3 is 0 Å². The minimum absolute atomic E-state index is 0.229. The van der Waals surface area contributed by atoms with E-state index in [2.05, 4.69) is 44.5 Å². The molecule has 0 aromatic heterocycles. The summed E-state index contributed by atoms with van der Waals surface area (Å²) >= 11 is 0. The molecule has 0 amide bonds. The largest absolute Gasteiger partial charge is 0.316 e. The minimum atomic E-state index is 0.229. The molecule has 2 heteroatoms. The smallest absolute Gasteiger partial charge is 0.0166 e. The normalized spacial score (nSPS) is 25.4. The van der Waals surface area contributed by atoms with Gasteiger partial charge in [-0.1, -0.05) is 19.4 Å². The summed E-state index contributed by atoms with van der Waals surface area (Å²) in [7, 11) is 0. The Balaban J connectivity index is 2.75. The zero-order valence-corrected chi connectivity index (χ0v) is 12.9. The zero-order valence-electron chi connectivity index (χ0n) is 12.9. The van der Waals surface area contributed by atoms with Gasteiger partial charge in [-0.2, -0.15) is 0 Å². The summed E-state index contributed by atoms with van der Waals surface area (Å²) in [5, 5.41) is 3.61. The average molecular weight is 252 g/mol. The lowest BCUT2D eigenvalue weighted by Crippen LogP contribution is -2.52. The fourth-order valence-corrected chi connectivity index (χ4v) is 3.12. The molecular weight excluding hydrogens is 220 g/mol. The lowest BCUT2D eigenvalue weighted by molar-refractivity contribution is 0.0572. The maximum absolute atomic E-state index is 3.92. The Hall–Kier alpha value is -0.340. The summed E-state index contributed by atoms with van der Waals surface area (Å²) < 4.78 is 0. The fourth-order valence-electron chi connectivity index (χ4n) is 3.12. The number of rotatable bonds is 6. The van der Waals surface area contributed by atoms with Crippen LogP contribution < -0.4 is 5.32 Å². The molecule has 1 heterocycles. The quantitative estimate of drug-likeness (QED) is 0.729. The topological polar surface area (TPSA) is 15.3 Å². The van der Waals surface area contributed by atoms with Crippen molar-refractivity contribution in [3.8, 4) is 0 Å². The van der Waals surface area contributed by atoms with Crippen LogP contribution in [0.25, 0.3) is 0 Å².